The maximum absolute atomic E-state index is 12.1. The van der Waals surface area contributed by atoms with Crippen molar-refractivity contribution in [3.05, 3.63) is 36.2 Å². The maximum Gasteiger partial charge on any atom is 0.253 e. The van der Waals surface area contributed by atoms with Crippen molar-refractivity contribution in [1.82, 2.24) is 25.5 Å². The van der Waals surface area contributed by atoms with E-state index in [1.54, 1.807) is 18.5 Å². The molecule has 1 amide bonds. The van der Waals surface area contributed by atoms with E-state index >= 15 is 0 Å². The average molecular weight is 260 g/mol. The van der Waals surface area contributed by atoms with Crippen molar-refractivity contribution in [2.75, 3.05) is 11.9 Å². The minimum atomic E-state index is -0.169. The minimum Gasteiger partial charge on any atom is -0.383 e. The van der Waals surface area contributed by atoms with Crippen LogP contribution in [0.1, 0.15) is 29.5 Å². The zero-order chi connectivity index (χ0) is 13.5. The number of nitrogens with zero attached hydrogens (tertiary/aromatic N) is 3. The van der Waals surface area contributed by atoms with Crippen molar-refractivity contribution in [3.63, 3.8) is 0 Å². The molecule has 0 aliphatic heterocycles. The van der Waals surface area contributed by atoms with E-state index in [-0.39, 0.29) is 5.91 Å². The second-order valence-electron chi connectivity index (χ2n) is 3.96. The van der Waals surface area contributed by atoms with Crippen LogP contribution in [0.4, 0.5) is 5.69 Å². The molecule has 0 aliphatic carbocycles. The Balaban J connectivity index is 2.01. The van der Waals surface area contributed by atoms with Gasteiger partial charge < -0.3 is 10.6 Å². The van der Waals surface area contributed by atoms with Gasteiger partial charge in [0.2, 0.25) is 0 Å². The average Bonchev–Trinajstić information content (AvgIpc) is 2.96. The summed E-state index contributed by atoms with van der Waals surface area (Å²) in [5, 5.41) is 12.4. The van der Waals surface area contributed by atoms with E-state index in [0.29, 0.717) is 17.9 Å². The van der Waals surface area contributed by atoms with Crippen molar-refractivity contribution in [2.24, 2.45) is 0 Å². The van der Waals surface area contributed by atoms with Gasteiger partial charge in [0.1, 0.15) is 12.2 Å². The Morgan fingerprint density at radius 3 is 3.11 bits per heavy atom. The highest BCUT2D eigenvalue weighted by molar-refractivity contribution is 5.99. The number of carbonyl (C=O) groups is 1. The largest absolute Gasteiger partial charge is 0.383 e. The summed E-state index contributed by atoms with van der Waals surface area (Å²) in [5.41, 5.74) is 1.31. The van der Waals surface area contributed by atoms with Crippen molar-refractivity contribution >= 4 is 11.6 Å². The molecule has 0 saturated heterocycles. The van der Waals surface area contributed by atoms with Crippen molar-refractivity contribution in [1.29, 1.82) is 0 Å². The first-order valence-corrected chi connectivity index (χ1v) is 6.11. The van der Waals surface area contributed by atoms with Gasteiger partial charge in [0, 0.05) is 12.7 Å². The Bertz CT molecular complexity index is 525. The summed E-state index contributed by atoms with van der Waals surface area (Å²) in [7, 11) is 0. The van der Waals surface area contributed by atoms with Crippen molar-refractivity contribution < 1.29 is 4.79 Å². The highest BCUT2D eigenvalue weighted by Gasteiger charge is 2.11. The van der Waals surface area contributed by atoms with Gasteiger partial charge >= 0.3 is 0 Å². The molecule has 0 atom stereocenters. The molecule has 7 heteroatoms. The molecule has 2 aromatic heterocycles. The predicted molar refractivity (Wildman–Crippen MR) is 70.6 cm³/mol. The molecule has 2 heterocycles. The molecular weight excluding hydrogens is 244 g/mol. The first-order valence-electron chi connectivity index (χ1n) is 6.11. The molecule has 100 valence electrons. The lowest BCUT2D eigenvalue weighted by Gasteiger charge is -2.10. The van der Waals surface area contributed by atoms with Gasteiger partial charge in [-0.2, -0.15) is 5.10 Å². The van der Waals surface area contributed by atoms with Crippen LogP contribution in [-0.2, 0) is 6.54 Å². The van der Waals surface area contributed by atoms with Crippen LogP contribution in [0.15, 0.2) is 24.8 Å². The van der Waals surface area contributed by atoms with E-state index in [4.69, 9.17) is 0 Å². The van der Waals surface area contributed by atoms with Crippen molar-refractivity contribution in [3.8, 4) is 0 Å². The van der Waals surface area contributed by atoms with Gasteiger partial charge in [-0.1, -0.05) is 6.92 Å². The van der Waals surface area contributed by atoms with Gasteiger partial charge in [0.15, 0.2) is 0 Å². The van der Waals surface area contributed by atoms with E-state index in [0.717, 1.165) is 18.7 Å². The van der Waals surface area contributed by atoms with Gasteiger partial charge in [-0.05, 0) is 12.5 Å². The maximum atomic E-state index is 12.1. The summed E-state index contributed by atoms with van der Waals surface area (Å²) < 4.78 is 0. The molecule has 0 fully saturated rings. The van der Waals surface area contributed by atoms with Crippen LogP contribution in [0, 0.1) is 0 Å². The summed E-state index contributed by atoms with van der Waals surface area (Å²) in [5.74, 6) is 0.447. The first-order chi connectivity index (χ1) is 9.31. The Morgan fingerprint density at radius 1 is 1.47 bits per heavy atom. The van der Waals surface area contributed by atoms with E-state index in [1.807, 2.05) is 0 Å². The number of nitrogens with one attached hydrogen (secondary N) is 3. The zero-order valence-corrected chi connectivity index (χ0v) is 10.7. The Kier molecular flexibility index (Phi) is 4.44. The standard InChI is InChI=1S/C12H16N6O/c1-2-4-14-10-6-13-5-3-9(10)12(19)15-7-11-16-8-17-18-11/h3,5-6,8,14H,2,4,7H2,1H3,(H,15,19)(H,16,17,18). The minimum absolute atomic E-state index is 0.169. The SMILES string of the molecule is CCCNc1cnccc1C(=O)NCc1ncn[nH]1. The quantitative estimate of drug-likeness (QED) is 0.718. The molecular formula is C12H16N6O. The number of rotatable bonds is 6. The molecule has 0 unspecified atom stereocenters. The lowest BCUT2D eigenvalue weighted by molar-refractivity contribution is 0.0950. The third kappa shape index (κ3) is 3.51. The lowest BCUT2D eigenvalue weighted by atomic mass is 10.2. The fraction of sp³-hybridized carbons (Fsp3) is 0.333. The normalized spacial score (nSPS) is 10.2. The fourth-order valence-corrected chi connectivity index (χ4v) is 1.57. The third-order valence-corrected chi connectivity index (χ3v) is 2.51. The molecule has 0 spiro atoms. The van der Waals surface area contributed by atoms with Gasteiger partial charge in [0.25, 0.3) is 5.91 Å². The van der Waals surface area contributed by atoms with Crippen molar-refractivity contribution in [2.45, 2.75) is 19.9 Å². The summed E-state index contributed by atoms with van der Waals surface area (Å²) >= 11 is 0. The number of anilines is 1. The second kappa shape index (κ2) is 6.48. The molecule has 0 aromatic carbocycles. The lowest BCUT2D eigenvalue weighted by Crippen LogP contribution is -2.24. The van der Waals surface area contributed by atoms with Crippen LogP contribution < -0.4 is 10.6 Å². The van der Waals surface area contributed by atoms with Gasteiger partial charge in [-0.25, -0.2) is 4.98 Å². The topological polar surface area (TPSA) is 95.6 Å². The second-order valence-corrected chi connectivity index (χ2v) is 3.96. The summed E-state index contributed by atoms with van der Waals surface area (Å²) in [6, 6.07) is 1.69. The van der Waals surface area contributed by atoms with E-state index < -0.39 is 0 Å². The number of aromatic amines is 1. The molecule has 0 bridgehead atoms. The summed E-state index contributed by atoms with van der Waals surface area (Å²) in [6.07, 6.45) is 5.63. The fourth-order valence-electron chi connectivity index (χ4n) is 1.57. The monoisotopic (exact) mass is 260 g/mol. The number of aromatic nitrogens is 4. The van der Waals surface area contributed by atoms with Crippen LogP contribution in [0.25, 0.3) is 0 Å². The Labute approximate surface area is 110 Å². The number of pyridine rings is 1. The highest BCUT2D eigenvalue weighted by Crippen LogP contribution is 2.13. The number of H-pyrrole nitrogens is 1. The van der Waals surface area contributed by atoms with Crippen LogP contribution in [-0.4, -0.2) is 32.6 Å². The molecule has 0 saturated carbocycles. The number of amides is 1. The van der Waals surface area contributed by atoms with Crippen LogP contribution in [0.2, 0.25) is 0 Å². The molecule has 0 aliphatic rings. The molecule has 2 aromatic rings. The predicted octanol–water partition coefficient (Wildman–Crippen LogP) is 0.952. The van der Waals surface area contributed by atoms with E-state index in [9.17, 15) is 4.79 Å². The van der Waals surface area contributed by atoms with Gasteiger partial charge in [0.05, 0.1) is 24.0 Å². The summed E-state index contributed by atoms with van der Waals surface area (Å²) in [6.45, 7) is 3.18. The highest BCUT2D eigenvalue weighted by atomic mass is 16.1. The third-order valence-electron chi connectivity index (χ3n) is 2.51. The zero-order valence-electron chi connectivity index (χ0n) is 10.7. The van der Waals surface area contributed by atoms with Crippen LogP contribution in [0.3, 0.4) is 0 Å². The molecule has 7 nitrogen and oxygen atoms in total. The number of carbonyl (C=O) groups excluding carboxylic acids is 1. The molecule has 2 rings (SSSR count). The number of hydrogen-bond acceptors (Lipinski definition) is 5. The van der Waals surface area contributed by atoms with Gasteiger partial charge in [-0.15, -0.1) is 0 Å². The smallest absolute Gasteiger partial charge is 0.253 e. The Morgan fingerprint density at radius 2 is 2.37 bits per heavy atom. The van der Waals surface area contributed by atoms with E-state index in [2.05, 4.69) is 37.7 Å². The van der Waals surface area contributed by atoms with Crippen LogP contribution in [0.5, 0.6) is 0 Å². The first kappa shape index (κ1) is 13.0. The van der Waals surface area contributed by atoms with Crippen LogP contribution >= 0.6 is 0 Å². The Hall–Kier alpha value is -2.44. The number of hydrogen-bond donors (Lipinski definition) is 3. The molecule has 19 heavy (non-hydrogen) atoms. The van der Waals surface area contributed by atoms with Gasteiger partial charge in [-0.3, -0.25) is 14.9 Å². The molecule has 0 radical (unpaired) electrons. The summed E-state index contributed by atoms with van der Waals surface area (Å²) in [4.78, 5) is 20.0. The van der Waals surface area contributed by atoms with E-state index in [1.165, 1.54) is 6.33 Å². The molecule has 3 N–H and O–H groups in total.